The lowest BCUT2D eigenvalue weighted by Gasteiger charge is -2.01. The van der Waals surface area contributed by atoms with E-state index in [-0.39, 0.29) is 0 Å². The van der Waals surface area contributed by atoms with E-state index in [0.717, 1.165) is 0 Å². The molecular weight excluding hydrogens is 218 g/mol. The van der Waals surface area contributed by atoms with Gasteiger partial charge in [-0.2, -0.15) is 0 Å². The van der Waals surface area contributed by atoms with Gasteiger partial charge in [0.15, 0.2) is 11.3 Å². The number of esters is 1. The first kappa shape index (κ1) is 9.92. The van der Waals surface area contributed by atoms with E-state index in [0.29, 0.717) is 23.1 Å². The van der Waals surface area contributed by atoms with Gasteiger partial charge in [0.25, 0.3) is 0 Å². The number of carbonyl (C=O) groups excluding carboxylic acids is 1. The number of carbonyl (C=O) groups is 1. The summed E-state index contributed by atoms with van der Waals surface area (Å²) >= 11 is 5.72. The highest BCUT2D eigenvalue weighted by molar-refractivity contribution is 6.29. The third-order valence-electron chi connectivity index (χ3n) is 1.85. The van der Waals surface area contributed by atoms with Gasteiger partial charge in [0.05, 0.1) is 19.0 Å². The minimum atomic E-state index is -0.424. The van der Waals surface area contributed by atoms with E-state index in [1.54, 1.807) is 11.3 Å². The van der Waals surface area contributed by atoms with Gasteiger partial charge in [-0.1, -0.05) is 11.6 Å². The van der Waals surface area contributed by atoms with Crippen LogP contribution in [0, 0.1) is 0 Å². The molecule has 0 radical (unpaired) electrons. The first-order valence-electron chi connectivity index (χ1n) is 4.38. The third kappa shape index (κ3) is 1.78. The topological polar surface area (TPSA) is 56.5 Å². The third-order valence-corrected chi connectivity index (χ3v) is 2.04. The number of halogens is 1. The number of fused-ring (bicyclic) bond motifs is 1. The molecule has 0 saturated carbocycles. The average molecular weight is 226 g/mol. The lowest BCUT2D eigenvalue weighted by molar-refractivity contribution is 0.0518. The summed E-state index contributed by atoms with van der Waals surface area (Å²) in [6.07, 6.45) is 4.45. The van der Waals surface area contributed by atoms with Crippen molar-refractivity contribution in [2.75, 3.05) is 6.61 Å². The Morgan fingerprint density at radius 2 is 2.33 bits per heavy atom. The zero-order valence-corrected chi connectivity index (χ0v) is 8.73. The molecule has 0 bridgehead atoms. The van der Waals surface area contributed by atoms with Gasteiger partial charge in [-0.05, 0) is 6.92 Å². The maximum absolute atomic E-state index is 11.5. The Hall–Kier alpha value is -1.62. The number of aromatic nitrogens is 3. The number of ether oxygens (including phenoxy) is 1. The number of hydrogen-bond donors (Lipinski definition) is 0. The summed E-state index contributed by atoms with van der Waals surface area (Å²) < 4.78 is 6.42. The molecule has 5 nitrogen and oxygen atoms in total. The highest BCUT2D eigenvalue weighted by Crippen LogP contribution is 2.10. The summed E-state index contributed by atoms with van der Waals surface area (Å²) in [6.45, 7) is 2.07. The van der Waals surface area contributed by atoms with E-state index >= 15 is 0 Å². The fraction of sp³-hybridized carbons (Fsp3) is 0.222. The second kappa shape index (κ2) is 3.86. The van der Waals surface area contributed by atoms with Crippen molar-refractivity contribution in [1.82, 2.24) is 14.4 Å². The van der Waals surface area contributed by atoms with Crippen LogP contribution in [0.1, 0.15) is 17.4 Å². The van der Waals surface area contributed by atoms with Gasteiger partial charge in [0.2, 0.25) is 0 Å². The van der Waals surface area contributed by atoms with Crippen molar-refractivity contribution in [3.05, 3.63) is 29.4 Å². The molecule has 2 aromatic rings. The molecule has 0 unspecified atom stereocenters. The van der Waals surface area contributed by atoms with Crippen LogP contribution in [0.25, 0.3) is 5.65 Å². The molecule has 0 spiro atoms. The lowest BCUT2D eigenvalue weighted by atomic mass is 10.5. The van der Waals surface area contributed by atoms with Crippen molar-refractivity contribution in [2.45, 2.75) is 6.92 Å². The normalized spacial score (nSPS) is 10.5. The van der Waals surface area contributed by atoms with Crippen molar-refractivity contribution in [1.29, 1.82) is 0 Å². The van der Waals surface area contributed by atoms with Crippen LogP contribution in [0.2, 0.25) is 5.15 Å². The molecule has 78 valence electrons. The van der Waals surface area contributed by atoms with Crippen LogP contribution in [0.15, 0.2) is 18.6 Å². The van der Waals surface area contributed by atoms with Crippen LogP contribution in [0.4, 0.5) is 0 Å². The second-order valence-corrected chi connectivity index (χ2v) is 3.19. The summed E-state index contributed by atoms with van der Waals surface area (Å²) in [5.74, 6) is -0.424. The summed E-state index contributed by atoms with van der Waals surface area (Å²) in [5.41, 5.74) is 0.901. The van der Waals surface area contributed by atoms with Crippen LogP contribution in [0.3, 0.4) is 0 Å². The molecule has 0 aromatic carbocycles. The number of nitrogens with zero attached hydrogens (tertiary/aromatic N) is 3. The van der Waals surface area contributed by atoms with E-state index in [1.165, 1.54) is 18.6 Å². The maximum Gasteiger partial charge on any atom is 0.356 e. The van der Waals surface area contributed by atoms with E-state index in [2.05, 4.69) is 9.97 Å². The molecule has 2 heterocycles. The minimum absolute atomic E-state index is 0.297. The first-order chi connectivity index (χ1) is 7.22. The fourth-order valence-electron chi connectivity index (χ4n) is 1.22. The number of imidazole rings is 1. The van der Waals surface area contributed by atoms with Gasteiger partial charge in [-0.25, -0.2) is 14.8 Å². The SMILES string of the molecule is CCOC(=O)c1cnc2cnc(Cl)cn12. The van der Waals surface area contributed by atoms with Crippen molar-refractivity contribution in [2.24, 2.45) is 0 Å². The molecule has 0 amide bonds. The van der Waals surface area contributed by atoms with Crippen LogP contribution in [-0.4, -0.2) is 26.9 Å². The molecule has 2 rings (SSSR count). The molecule has 15 heavy (non-hydrogen) atoms. The Labute approximate surface area is 90.7 Å². The molecule has 6 heteroatoms. The van der Waals surface area contributed by atoms with Crippen LogP contribution in [0.5, 0.6) is 0 Å². The Kier molecular flexibility index (Phi) is 2.55. The predicted molar refractivity (Wildman–Crippen MR) is 54.0 cm³/mol. The average Bonchev–Trinajstić information content (AvgIpc) is 2.60. The Morgan fingerprint density at radius 3 is 3.07 bits per heavy atom. The van der Waals surface area contributed by atoms with E-state index < -0.39 is 5.97 Å². The summed E-state index contributed by atoms with van der Waals surface area (Å²) in [6, 6.07) is 0. The molecule has 0 N–H and O–H groups in total. The second-order valence-electron chi connectivity index (χ2n) is 2.80. The van der Waals surface area contributed by atoms with Gasteiger partial charge in [-0.15, -0.1) is 0 Å². The van der Waals surface area contributed by atoms with E-state index in [1.807, 2.05) is 0 Å². The van der Waals surface area contributed by atoms with Gasteiger partial charge >= 0.3 is 5.97 Å². The van der Waals surface area contributed by atoms with Gasteiger partial charge < -0.3 is 4.74 Å². The highest BCUT2D eigenvalue weighted by atomic mass is 35.5. The molecule has 0 fully saturated rings. The van der Waals surface area contributed by atoms with Gasteiger partial charge in [0.1, 0.15) is 5.15 Å². The van der Waals surface area contributed by atoms with Crippen LogP contribution < -0.4 is 0 Å². The monoisotopic (exact) mass is 225 g/mol. The molecule has 0 aliphatic carbocycles. The Bertz CT molecular complexity index is 509. The molecule has 0 atom stereocenters. The standard InChI is InChI=1S/C9H8ClN3O2/c1-2-15-9(14)6-3-12-8-4-11-7(10)5-13(6)8/h3-5H,2H2,1H3. The van der Waals surface area contributed by atoms with Crippen molar-refractivity contribution in [3.63, 3.8) is 0 Å². The molecule has 0 aliphatic heterocycles. The largest absolute Gasteiger partial charge is 0.461 e. The Morgan fingerprint density at radius 1 is 1.53 bits per heavy atom. The number of hydrogen-bond acceptors (Lipinski definition) is 4. The Balaban J connectivity index is 2.52. The van der Waals surface area contributed by atoms with E-state index in [4.69, 9.17) is 16.3 Å². The van der Waals surface area contributed by atoms with Crippen molar-refractivity contribution >= 4 is 23.2 Å². The van der Waals surface area contributed by atoms with Crippen LogP contribution >= 0.6 is 11.6 Å². The van der Waals surface area contributed by atoms with Crippen LogP contribution in [-0.2, 0) is 4.74 Å². The fourth-order valence-corrected chi connectivity index (χ4v) is 1.37. The van der Waals surface area contributed by atoms with Gasteiger partial charge in [-0.3, -0.25) is 4.40 Å². The summed E-state index contributed by atoms with van der Waals surface area (Å²) in [5, 5.41) is 0.297. The smallest absolute Gasteiger partial charge is 0.356 e. The number of rotatable bonds is 2. The molecular formula is C9H8ClN3O2. The maximum atomic E-state index is 11.5. The van der Waals surface area contributed by atoms with E-state index in [9.17, 15) is 4.79 Å². The quantitative estimate of drug-likeness (QED) is 0.728. The molecule has 0 saturated heterocycles. The predicted octanol–water partition coefficient (Wildman–Crippen LogP) is 1.56. The van der Waals surface area contributed by atoms with Crippen molar-refractivity contribution < 1.29 is 9.53 Å². The summed E-state index contributed by atoms with van der Waals surface area (Å²) in [4.78, 5) is 19.3. The zero-order valence-electron chi connectivity index (χ0n) is 7.98. The van der Waals surface area contributed by atoms with Crippen molar-refractivity contribution in [3.8, 4) is 0 Å². The highest BCUT2D eigenvalue weighted by Gasteiger charge is 2.13. The molecule has 2 aromatic heterocycles. The molecule has 0 aliphatic rings. The van der Waals surface area contributed by atoms with Gasteiger partial charge in [0, 0.05) is 6.20 Å². The first-order valence-corrected chi connectivity index (χ1v) is 4.76. The lowest BCUT2D eigenvalue weighted by Crippen LogP contribution is -2.07. The zero-order chi connectivity index (χ0) is 10.8. The minimum Gasteiger partial charge on any atom is -0.461 e. The summed E-state index contributed by atoms with van der Waals surface area (Å²) in [7, 11) is 0.